The van der Waals surface area contributed by atoms with E-state index in [1.54, 1.807) is 26.8 Å². The molecule has 11 nitrogen and oxygen atoms in total. The van der Waals surface area contributed by atoms with E-state index in [0.29, 0.717) is 0 Å². The van der Waals surface area contributed by atoms with Crippen molar-refractivity contribution in [3.63, 3.8) is 0 Å². The minimum Gasteiger partial charge on any atom is -0.465 e. The molecule has 12 heteroatoms. The van der Waals surface area contributed by atoms with E-state index in [9.17, 15) is 19.7 Å². The highest BCUT2D eigenvalue weighted by atomic mass is 35.5. The lowest BCUT2D eigenvalue weighted by atomic mass is 10.0. The molecule has 1 aromatic heterocycles. The molecule has 1 unspecified atom stereocenters. The summed E-state index contributed by atoms with van der Waals surface area (Å²) in [6, 6.07) is 4.55. The van der Waals surface area contributed by atoms with Crippen molar-refractivity contribution >= 4 is 35.2 Å². The highest BCUT2D eigenvalue weighted by molar-refractivity contribution is 6.32. The Morgan fingerprint density at radius 2 is 2.00 bits per heavy atom. The molecule has 0 saturated heterocycles. The standard InChI is InChI=1S/C20H22ClN5O6/c1-5-6-14(23-19(29)32-20(2,3)4)15-10-13(17(21)25-24-15)12-8-7-11(22-18(27)28)9-16(12)26(30)31/h5,7-10,14,22H,1,6H2,2-4H3,(H,23,29)(H,27,28). The van der Waals surface area contributed by atoms with Crippen molar-refractivity contribution in [2.24, 2.45) is 0 Å². The largest absolute Gasteiger partial charge is 0.465 e. The molecule has 170 valence electrons. The van der Waals surface area contributed by atoms with Gasteiger partial charge in [0, 0.05) is 11.6 Å². The predicted octanol–water partition coefficient (Wildman–Crippen LogP) is 4.94. The number of nitro groups is 1. The number of hydrogen-bond donors (Lipinski definition) is 3. The molecule has 32 heavy (non-hydrogen) atoms. The van der Waals surface area contributed by atoms with Gasteiger partial charge in [-0.15, -0.1) is 11.7 Å². The molecule has 3 N–H and O–H groups in total. The number of carboxylic acid groups (broad SMARTS) is 1. The van der Waals surface area contributed by atoms with Crippen LogP contribution in [-0.2, 0) is 4.74 Å². The topological polar surface area (TPSA) is 157 Å². The molecule has 0 aliphatic heterocycles. The van der Waals surface area contributed by atoms with Gasteiger partial charge in [-0.1, -0.05) is 17.7 Å². The zero-order valence-electron chi connectivity index (χ0n) is 17.6. The van der Waals surface area contributed by atoms with Gasteiger partial charge >= 0.3 is 12.2 Å². The van der Waals surface area contributed by atoms with E-state index in [0.717, 1.165) is 6.07 Å². The summed E-state index contributed by atoms with van der Waals surface area (Å²) in [5.74, 6) is 0. The van der Waals surface area contributed by atoms with Crippen LogP contribution < -0.4 is 10.6 Å². The van der Waals surface area contributed by atoms with Crippen LogP contribution >= 0.6 is 11.6 Å². The molecule has 1 atom stereocenters. The Hall–Kier alpha value is -3.73. The van der Waals surface area contributed by atoms with Gasteiger partial charge in [0.05, 0.1) is 27.9 Å². The molecule has 1 aromatic carbocycles. The maximum Gasteiger partial charge on any atom is 0.409 e. The van der Waals surface area contributed by atoms with Crippen LogP contribution in [0.25, 0.3) is 11.1 Å². The minimum atomic E-state index is -1.36. The molecular formula is C20H22ClN5O6. The Morgan fingerprint density at radius 3 is 2.56 bits per heavy atom. The van der Waals surface area contributed by atoms with Crippen molar-refractivity contribution < 1.29 is 24.4 Å². The maximum absolute atomic E-state index is 12.2. The Bertz CT molecular complexity index is 1050. The van der Waals surface area contributed by atoms with Crippen molar-refractivity contribution in [3.05, 3.63) is 57.9 Å². The molecule has 2 amide bonds. The first-order valence-corrected chi connectivity index (χ1v) is 9.71. The minimum absolute atomic E-state index is 0.0161. The van der Waals surface area contributed by atoms with Gasteiger partial charge in [-0.05, 0) is 45.4 Å². The molecule has 0 saturated carbocycles. The normalized spacial score (nSPS) is 11.9. The van der Waals surface area contributed by atoms with E-state index >= 15 is 0 Å². The number of nitrogens with zero attached hydrogens (tertiary/aromatic N) is 3. The SMILES string of the molecule is C=CCC(NC(=O)OC(C)(C)C)c1cc(-c2ccc(NC(=O)O)cc2[N+](=O)[O-])c(Cl)nn1. The van der Waals surface area contributed by atoms with E-state index in [4.69, 9.17) is 21.4 Å². The summed E-state index contributed by atoms with van der Waals surface area (Å²) in [5.41, 5.74) is -0.532. The number of benzene rings is 1. The van der Waals surface area contributed by atoms with Crippen LogP contribution in [-0.4, -0.2) is 38.0 Å². The van der Waals surface area contributed by atoms with Crippen LogP contribution in [0.2, 0.25) is 5.15 Å². The number of ether oxygens (including phenoxy) is 1. The molecule has 0 radical (unpaired) electrons. The summed E-state index contributed by atoms with van der Waals surface area (Å²) in [5, 5.41) is 32.9. The number of carbonyl (C=O) groups excluding carboxylic acids is 1. The average Bonchev–Trinajstić information content (AvgIpc) is 2.66. The number of anilines is 1. The first kappa shape index (κ1) is 24.5. The van der Waals surface area contributed by atoms with Gasteiger partial charge in [-0.2, -0.15) is 5.10 Å². The van der Waals surface area contributed by atoms with Gasteiger partial charge in [-0.3, -0.25) is 15.4 Å². The number of nitro benzene ring substituents is 1. The Kier molecular flexibility index (Phi) is 7.71. The number of rotatable bonds is 7. The Labute approximate surface area is 188 Å². The lowest BCUT2D eigenvalue weighted by molar-refractivity contribution is -0.384. The van der Waals surface area contributed by atoms with E-state index in [-0.39, 0.29) is 34.1 Å². The fourth-order valence-electron chi connectivity index (χ4n) is 2.73. The third-order valence-electron chi connectivity index (χ3n) is 3.95. The Balaban J connectivity index is 2.49. The van der Waals surface area contributed by atoms with Crippen LogP contribution in [0.15, 0.2) is 36.9 Å². The predicted molar refractivity (Wildman–Crippen MR) is 118 cm³/mol. The number of carbonyl (C=O) groups is 2. The van der Waals surface area contributed by atoms with Crippen LogP contribution in [0, 0.1) is 10.1 Å². The fourth-order valence-corrected chi connectivity index (χ4v) is 2.93. The van der Waals surface area contributed by atoms with Crippen LogP contribution in [0.4, 0.5) is 21.0 Å². The van der Waals surface area contributed by atoms with Crippen LogP contribution in [0.3, 0.4) is 0 Å². The van der Waals surface area contributed by atoms with Crippen LogP contribution in [0.5, 0.6) is 0 Å². The number of halogens is 1. The summed E-state index contributed by atoms with van der Waals surface area (Å²) < 4.78 is 5.27. The highest BCUT2D eigenvalue weighted by Crippen LogP contribution is 2.36. The zero-order chi connectivity index (χ0) is 24.1. The van der Waals surface area contributed by atoms with Gasteiger partial charge in [-0.25, -0.2) is 9.59 Å². The van der Waals surface area contributed by atoms with E-state index in [1.165, 1.54) is 18.2 Å². The average molecular weight is 464 g/mol. The molecule has 0 bridgehead atoms. The third kappa shape index (κ3) is 6.64. The second-order valence-corrected chi connectivity index (χ2v) is 7.97. The zero-order valence-corrected chi connectivity index (χ0v) is 18.3. The van der Waals surface area contributed by atoms with Crippen molar-refractivity contribution in [1.82, 2.24) is 15.5 Å². The second kappa shape index (κ2) is 10.1. The lowest BCUT2D eigenvalue weighted by Crippen LogP contribution is -2.35. The monoisotopic (exact) mass is 463 g/mol. The lowest BCUT2D eigenvalue weighted by Gasteiger charge is -2.23. The van der Waals surface area contributed by atoms with Crippen molar-refractivity contribution in [1.29, 1.82) is 0 Å². The summed E-state index contributed by atoms with van der Waals surface area (Å²) >= 11 is 6.17. The summed E-state index contributed by atoms with van der Waals surface area (Å²) in [4.78, 5) is 34.0. The van der Waals surface area contributed by atoms with Crippen molar-refractivity contribution in [2.45, 2.75) is 38.8 Å². The third-order valence-corrected chi connectivity index (χ3v) is 4.23. The molecule has 2 aromatic rings. The molecular weight excluding hydrogens is 442 g/mol. The quantitative estimate of drug-likeness (QED) is 0.296. The van der Waals surface area contributed by atoms with Gasteiger partial charge < -0.3 is 15.2 Å². The molecule has 1 heterocycles. The molecule has 0 aliphatic rings. The highest BCUT2D eigenvalue weighted by Gasteiger charge is 2.24. The second-order valence-electron chi connectivity index (χ2n) is 7.62. The number of aromatic nitrogens is 2. The van der Waals surface area contributed by atoms with E-state index in [2.05, 4.69) is 27.4 Å². The maximum atomic E-state index is 12.2. The van der Waals surface area contributed by atoms with Crippen LogP contribution in [0.1, 0.15) is 38.9 Å². The summed E-state index contributed by atoms with van der Waals surface area (Å²) in [6.45, 7) is 8.82. The van der Waals surface area contributed by atoms with Gasteiger partial charge in [0.2, 0.25) is 0 Å². The van der Waals surface area contributed by atoms with E-state index < -0.39 is 34.4 Å². The number of alkyl carbamates (subject to hydrolysis) is 1. The van der Waals surface area contributed by atoms with Crippen molar-refractivity contribution in [2.75, 3.05) is 5.32 Å². The van der Waals surface area contributed by atoms with Gasteiger partial charge in [0.1, 0.15) is 5.60 Å². The van der Waals surface area contributed by atoms with Gasteiger partial charge in [0.25, 0.3) is 5.69 Å². The number of hydrogen-bond acceptors (Lipinski definition) is 7. The first-order valence-electron chi connectivity index (χ1n) is 9.33. The fraction of sp³-hybridized carbons (Fsp3) is 0.300. The molecule has 0 aliphatic carbocycles. The summed E-state index contributed by atoms with van der Waals surface area (Å²) in [7, 11) is 0. The molecule has 0 fully saturated rings. The summed E-state index contributed by atoms with van der Waals surface area (Å²) in [6.07, 6.45) is -0.207. The number of nitrogens with one attached hydrogen (secondary N) is 2. The van der Waals surface area contributed by atoms with Crippen molar-refractivity contribution in [3.8, 4) is 11.1 Å². The first-order chi connectivity index (χ1) is 14.9. The Morgan fingerprint density at radius 1 is 1.31 bits per heavy atom. The smallest absolute Gasteiger partial charge is 0.409 e. The number of amides is 2. The molecule has 0 spiro atoms. The van der Waals surface area contributed by atoms with Gasteiger partial charge in [0.15, 0.2) is 5.15 Å². The van der Waals surface area contributed by atoms with E-state index in [1.807, 2.05) is 0 Å². The molecule has 2 rings (SSSR count).